The van der Waals surface area contributed by atoms with Crippen molar-refractivity contribution >= 4 is 50.7 Å². The first-order valence-corrected chi connectivity index (χ1v) is 18.2. The van der Waals surface area contributed by atoms with Crippen LogP contribution in [0, 0.1) is 0 Å². The van der Waals surface area contributed by atoms with Gasteiger partial charge in [0.05, 0.1) is 17.2 Å². The van der Waals surface area contributed by atoms with Gasteiger partial charge in [0, 0.05) is 29.1 Å². The lowest BCUT2D eigenvalue weighted by atomic mass is 10.0. The number of rotatable bonds is 14. The number of para-hydroxylation sites is 2. The van der Waals surface area contributed by atoms with E-state index in [-0.39, 0.29) is 42.1 Å². The van der Waals surface area contributed by atoms with E-state index in [0.29, 0.717) is 21.4 Å². The maximum Gasteiger partial charge on any atom is 0.264 e. The smallest absolute Gasteiger partial charge is 0.264 e. The number of anilines is 1. The number of ether oxygens (including phenoxy) is 1. The Morgan fingerprint density at radius 1 is 0.875 bits per heavy atom. The molecule has 4 aromatic carbocycles. The zero-order chi connectivity index (χ0) is 34.1. The summed E-state index contributed by atoms with van der Waals surface area (Å²) in [6.07, 6.45) is 3.99. The minimum absolute atomic E-state index is 0.00730. The molecule has 0 spiro atoms. The van der Waals surface area contributed by atoms with Crippen LogP contribution in [0.25, 0.3) is 0 Å². The van der Waals surface area contributed by atoms with E-state index in [1.54, 1.807) is 49.4 Å². The summed E-state index contributed by atoms with van der Waals surface area (Å²) in [5.74, 6) is -0.586. The molecule has 2 amide bonds. The quantitative estimate of drug-likeness (QED) is 0.149. The van der Waals surface area contributed by atoms with Gasteiger partial charge in [-0.2, -0.15) is 0 Å². The normalized spacial score (nSPS) is 13.9. The van der Waals surface area contributed by atoms with Crippen LogP contribution in [-0.2, 0) is 32.6 Å². The van der Waals surface area contributed by atoms with Crippen molar-refractivity contribution in [3.05, 3.63) is 124 Å². The molecule has 1 unspecified atom stereocenters. The van der Waals surface area contributed by atoms with Gasteiger partial charge in [-0.25, -0.2) is 8.42 Å². The van der Waals surface area contributed by atoms with E-state index in [9.17, 15) is 18.0 Å². The highest BCUT2D eigenvalue weighted by molar-refractivity contribution is 7.92. The number of hydrogen-bond donors (Lipinski definition) is 1. The average molecular weight is 709 g/mol. The number of nitrogens with one attached hydrogen (secondary N) is 1. The van der Waals surface area contributed by atoms with Gasteiger partial charge in [0.1, 0.15) is 18.3 Å². The predicted octanol–water partition coefficient (Wildman–Crippen LogP) is 7.29. The molecule has 0 saturated heterocycles. The molecule has 0 bridgehead atoms. The van der Waals surface area contributed by atoms with E-state index in [2.05, 4.69) is 5.32 Å². The lowest BCUT2D eigenvalue weighted by molar-refractivity contribution is -0.140. The molecule has 1 atom stereocenters. The van der Waals surface area contributed by atoms with Gasteiger partial charge in [-0.1, -0.05) is 96.7 Å². The van der Waals surface area contributed by atoms with Gasteiger partial charge in [0.2, 0.25) is 11.8 Å². The fraction of sp³-hybridized carbons (Fsp3) is 0.297. The summed E-state index contributed by atoms with van der Waals surface area (Å²) in [7, 11) is -4.32. The molecular weight excluding hydrogens is 669 g/mol. The van der Waals surface area contributed by atoms with E-state index >= 15 is 0 Å². The van der Waals surface area contributed by atoms with Crippen molar-refractivity contribution in [3.8, 4) is 5.75 Å². The van der Waals surface area contributed by atoms with Crippen molar-refractivity contribution in [3.63, 3.8) is 0 Å². The number of benzene rings is 4. The third-order valence-electron chi connectivity index (χ3n) is 8.39. The number of amides is 2. The minimum Gasteiger partial charge on any atom is -0.492 e. The predicted molar refractivity (Wildman–Crippen MR) is 190 cm³/mol. The highest BCUT2D eigenvalue weighted by Crippen LogP contribution is 2.33. The third kappa shape index (κ3) is 8.69. The van der Waals surface area contributed by atoms with Crippen LogP contribution in [0.4, 0.5) is 5.69 Å². The van der Waals surface area contributed by atoms with E-state index in [1.807, 2.05) is 36.4 Å². The molecule has 1 saturated carbocycles. The molecule has 1 fully saturated rings. The van der Waals surface area contributed by atoms with Crippen LogP contribution in [-0.4, -0.2) is 50.4 Å². The van der Waals surface area contributed by atoms with Crippen molar-refractivity contribution in [1.29, 1.82) is 0 Å². The fourth-order valence-corrected chi connectivity index (χ4v) is 7.67. The summed E-state index contributed by atoms with van der Waals surface area (Å²) < 4.78 is 35.6. The summed E-state index contributed by atoms with van der Waals surface area (Å²) >= 11 is 12.7. The number of sulfonamides is 1. The van der Waals surface area contributed by atoms with Crippen molar-refractivity contribution < 1.29 is 22.7 Å². The maximum atomic E-state index is 14.8. The summed E-state index contributed by atoms with van der Waals surface area (Å²) in [6, 6.07) is 28.0. The molecule has 0 aliphatic heterocycles. The molecule has 11 heteroatoms. The lowest BCUT2D eigenvalue weighted by Gasteiger charge is -2.34. The Labute approximate surface area is 292 Å². The molecule has 4 aromatic rings. The van der Waals surface area contributed by atoms with Crippen LogP contribution in [0.15, 0.2) is 108 Å². The minimum atomic E-state index is -4.32. The molecule has 8 nitrogen and oxygen atoms in total. The van der Waals surface area contributed by atoms with Gasteiger partial charge in [-0.05, 0) is 73.4 Å². The van der Waals surface area contributed by atoms with Crippen LogP contribution in [0.5, 0.6) is 5.75 Å². The van der Waals surface area contributed by atoms with Crippen molar-refractivity contribution in [2.24, 2.45) is 0 Å². The van der Waals surface area contributed by atoms with Gasteiger partial charge in [0.15, 0.2) is 0 Å². The molecule has 0 radical (unpaired) electrons. The first-order chi connectivity index (χ1) is 23.2. The Balaban J connectivity index is 1.60. The van der Waals surface area contributed by atoms with E-state index in [1.165, 1.54) is 29.2 Å². The van der Waals surface area contributed by atoms with Crippen LogP contribution < -0.4 is 14.4 Å². The standard InChI is InChI=1S/C37H39Cl2N3O5S/c1-2-47-35-19-11-10-18-33(35)42(48(45,46)31-22-20-29(38)21-23-31)26-36(43)41(25-28-14-6-9-17-32(28)39)34(24-27-12-4-3-5-13-27)37(44)40-30-15-7-8-16-30/h3-6,9-14,17-23,30,34H,2,7-8,15-16,24-26H2,1H3,(H,40,44). The Morgan fingerprint density at radius 3 is 2.21 bits per heavy atom. The van der Waals surface area contributed by atoms with E-state index in [4.69, 9.17) is 27.9 Å². The SMILES string of the molecule is CCOc1ccccc1N(CC(=O)N(Cc1ccccc1Cl)C(Cc1ccccc1)C(=O)NC1CCCC1)S(=O)(=O)c1ccc(Cl)cc1. The number of hydrogen-bond acceptors (Lipinski definition) is 5. The number of carbonyl (C=O) groups is 2. The van der Waals surface area contributed by atoms with Gasteiger partial charge in [-0.15, -0.1) is 0 Å². The van der Waals surface area contributed by atoms with Crippen LogP contribution in [0.1, 0.15) is 43.7 Å². The molecule has 5 rings (SSSR count). The van der Waals surface area contributed by atoms with E-state index < -0.39 is 28.5 Å². The monoisotopic (exact) mass is 707 g/mol. The first kappa shape index (κ1) is 35.3. The molecular formula is C37H39Cl2N3O5S. The zero-order valence-corrected chi connectivity index (χ0v) is 29.1. The summed E-state index contributed by atoms with van der Waals surface area (Å²) in [6.45, 7) is 1.44. The fourth-order valence-electron chi connectivity index (χ4n) is 5.92. The Morgan fingerprint density at radius 2 is 1.52 bits per heavy atom. The van der Waals surface area contributed by atoms with Gasteiger partial charge < -0.3 is 15.0 Å². The summed E-state index contributed by atoms with van der Waals surface area (Å²) in [5.41, 5.74) is 1.67. The molecule has 1 aliphatic carbocycles. The second kappa shape index (κ2) is 16.4. The lowest BCUT2D eigenvalue weighted by Crippen LogP contribution is -2.54. The summed E-state index contributed by atoms with van der Waals surface area (Å²) in [5, 5.41) is 3.97. The van der Waals surface area contributed by atoms with Gasteiger partial charge in [0.25, 0.3) is 10.0 Å². The van der Waals surface area contributed by atoms with Crippen molar-refractivity contribution in [2.45, 2.75) is 62.6 Å². The molecule has 0 heterocycles. The third-order valence-corrected chi connectivity index (χ3v) is 10.8. The second-order valence-electron chi connectivity index (χ2n) is 11.7. The summed E-state index contributed by atoms with van der Waals surface area (Å²) in [4.78, 5) is 30.3. The topological polar surface area (TPSA) is 96.0 Å². The first-order valence-electron chi connectivity index (χ1n) is 16.0. The van der Waals surface area contributed by atoms with Crippen molar-refractivity contribution in [1.82, 2.24) is 10.2 Å². The van der Waals surface area contributed by atoms with Crippen molar-refractivity contribution in [2.75, 3.05) is 17.5 Å². The van der Waals surface area contributed by atoms with Crippen LogP contribution in [0.3, 0.4) is 0 Å². The van der Waals surface area contributed by atoms with Gasteiger partial charge in [-0.3, -0.25) is 13.9 Å². The second-order valence-corrected chi connectivity index (χ2v) is 14.4. The maximum absolute atomic E-state index is 14.8. The molecule has 252 valence electrons. The number of nitrogens with zero attached hydrogens (tertiary/aromatic N) is 2. The Hall–Kier alpha value is -4.05. The molecule has 1 N–H and O–H groups in total. The highest BCUT2D eigenvalue weighted by Gasteiger charge is 2.36. The zero-order valence-electron chi connectivity index (χ0n) is 26.7. The van der Waals surface area contributed by atoms with E-state index in [0.717, 1.165) is 35.6 Å². The van der Waals surface area contributed by atoms with Gasteiger partial charge >= 0.3 is 0 Å². The molecule has 48 heavy (non-hydrogen) atoms. The Bertz CT molecular complexity index is 1800. The Kier molecular flexibility index (Phi) is 12.0. The largest absolute Gasteiger partial charge is 0.492 e. The highest BCUT2D eigenvalue weighted by atomic mass is 35.5. The average Bonchev–Trinajstić information content (AvgIpc) is 3.60. The molecule has 0 aromatic heterocycles. The van der Waals surface area contributed by atoms with Crippen LogP contribution >= 0.6 is 23.2 Å². The van der Waals surface area contributed by atoms with Crippen LogP contribution in [0.2, 0.25) is 10.0 Å². The number of carbonyl (C=O) groups excluding carboxylic acids is 2. The molecule has 1 aliphatic rings. The number of halogens is 2.